The molecule has 0 aliphatic rings. The second-order valence-electron chi connectivity index (χ2n) is 5.60. The van der Waals surface area contributed by atoms with Crippen LogP contribution in [-0.2, 0) is 13.5 Å². The van der Waals surface area contributed by atoms with Gasteiger partial charge in [0.2, 0.25) is 0 Å². The molecule has 23 heavy (non-hydrogen) atoms. The van der Waals surface area contributed by atoms with E-state index in [1.54, 1.807) is 13.1 Å². The Hall–Kier alpha value is -2.82. The summed E-state index contributed by atoms with van der Waals surface area (Å²) in [5, 5.41) is 2.90. The standard InChI is InChI=1S/C18H18N2O3/c1-12-4-3-5-14(10-12)17(21)19-9-8-13-6-7-15-16(11-13)23-18(22)20(15)2/h3-7,10-11H,8-9H2,1-2H3,(H,19,21). The van der Waals surface area contributed by atoms with Crippen molar-refractivity contribution in [2.45, 2.75) is 13.3 Å². The lowest BCUT2D eigenvalue weighted by Crippen LogP contribution is -2.25. The molecule has 2 aromatic carbocycles. The summed E-state index contributed by atoms with van der Waals surface area (Å²) in [6.07, 6.45) is 0.673. The molecule has 3 aromatic rings. The van der Waals surface area contributed by atoms with E-state index in [0.29, 0.717) is 24.1 Å². The van der Waals surface area contributed by atoms with E-state index in [4.69, 9.17) is 4.42 Å². The first-order valence-corrected chi connectivity index (χ1v) is 7.48. The van der Waals surface area contributed by atoms with Crippen LogP contribution in [0.4, 0.5) is 0 Å². The zero-order valence-electron chi connectivity index (χ0n) is 13.1. The number of aryl methyl sites for hydroxylation is 2. The van der Waals surface area contributed by atoms with Crippen molar-refractivity contribution in [2.24, 2.45) is 7.05 Å². The van der Waals surface area contributed by atoms with Crippen molar-refractivity contribution in [3.8, 4) is 0 Å². The number of hydrogen-bond donors (Lipinski definition) is 1. The minimum Gasteiger partial charge on any atom is -0.408 e. The molecule has 0 saturated heterocycles. The highest BCUT2D eigenvalue weighted by atomic mass is 16.4. The molecule has 1 amide bonds. The van der Waals surface area contributed by atoms with Gasteiger partial charge in [0.25, 0.3) is 5.91 Å². The predicted octanol–water partition coefficient (Wildman–Crippen LogP) is 2.41. The molecule has 1 heterocycles. The molecule has 1 aromatic heterocycles. The van der Waals surface area contributed by atoms with E-state index < -0.39 is 0 Å². The molecule has 0 spiro atoms. The molecule has 1 N–H and O–H groups in total. The van der Waals surface area contributed by atoms with Gasteiger partial charge in [-0.2, -0.15) is 0 Å². The SMILES string of the molecule is Cc1cccc(C(=O)NCCc2ccc3c(c2)oc(=O)n3C)c1. The number of fused-ring (bicyclic) bond motifs is 1. The summed E-state index contributed by atoms with van der Waals surface area (Å²) in [6, 6.07) is 13.1. The molecular formula is C18H18N2O3. The van der Waals surface area contributed by atoms with Gasteiger partial charge in [0.15, 0.2) is 5.58 Å². The van der Waals surface area contributed by atoms with Gasteiger partial charge in [-0.15, -0.1) is 0 Å². The van der Waals surface area contributed by atoms with Crippen LogP contribution in [0, 0.1) is 6.92 Å². The lowest BCUT2D eigenvalue weighted by atomic mass is 10.1. The first-order chi connectivity index (χ1) is 11.0. The molecule has 118 valence electrons. The third-order valence-corrected chi connectivity index (χ3v) is 3.84. The molecular weight excluding hydrogens is 292 g/mol. The maximum atomic E-state index is 12.1. The fourth-order valence-electron chi connectivity index (χ4n) is 2.54. The third-order valence-electron chi connectivity index (χ3n) is 3.84. The number of rotatable bonds is 4. The highest BCUT2D eigenvalue weighted by Gasteiger charge is 2.08. The van der Waals surface area contributed by atoms with Crippen LogP contribution >= 0.6 is 0 Å². The zero-order chi connectivity index (χ0) is 16.4. The summed E-state index contributed by atoms with van der Waals surface area (Å²) < 4.78 is 6.64. The van der Waals surface area contributed by atoms with Crippen molar-refractivity contribution >= 4 is 17.0 Å². The molecule has 0 aliphatic heterocycles. The lowest BCUT2D eigenvalue weighted by Gasteiger charge is -2.06. The van der Waals surface area contributed by atoms with Gasteiger partial charge < -0.3 is 9.73 Å². The number of oxazole rings is 1. The van der Waals surface area contributed by atoms with E-state index in [9.17, 15) is 9.59 Å². The molecule has 0 atom stereocenters. The quantitative estimate of drug-likeness (QED) is 0.805. The third kappa shape index (κ3) is 3.18. The summed E-state index contributed by atoms with van der Waals surface area (Å²) in [4.78, 5) is 23.5. The number of hydrogen-bond acceptors (Lipinski definition) is 3. The number of nitrogens with one attached hydrogen (secondary N) is 1. The van der Waals surface area contributed by atoms with Crippen molar-refractivity contribution in [3.05, 3.63) is 69.7 Å². The van der Waals surface area contributed by atoms with Crippen LogP contribution in [0.2, 0.25) is 0 Å². The van der Waals surface area contributed by atoms with E-state index in [1.165, 1.54) is 4.57 Å². The maximum absolute atomic E-state index is 12.1. The van der Waals surface area contributed by atoms with Gasteiger partial charge >= 0.3 is 5.76 Å². The van der Waals surface area contributed by atoms with E-state index in [0.717, 1.165) is 16.6 Å². The van der Waals surface area contributed by atoms with Gasteiger partial charge in [-0.05, 0) is 43.2 Å². The average Bonchev–Trinajstić information content (AvgIpc) is 2.81. The van der Waals surface area contributed by atoms with Gasteiger partial charge in [0, 0.05) is 19.2 Å². The van der Waals surface area contributed by atoms with Gasteiger partial charge in [0.1, 0.15) is 0 Å². The molecule has 5 heteroatoms. The highest BCUT2D eigenvalue weighted by Crippen LogP contribution is 2.14. The second-order valence-corrected chi connectivity index (χ2v) is 5.60. The first-order valence-electron chi connectivity index (χ1n) is 7.48. The topological polar surface area (TPSA) is 64.2 Å². The molecule has 0 unspecified atom stereocenters. The molecule has 0 radical (unpaired) electrons. The minimum atomic E-state index is -0.370. The van der Waals surface area contributed by atoms with Crippen molar-refractivity contribution < 1.29 is 9.21 Å². The Morgan fingerprint density at radius 1 is 1.22 bits per heavy atom. The number of amides is 1. The summed E-state index contributed by atoms with van der Waals surface area (Å²) in [6.45, 7) is 2.48. The Bertz CT molecular complexity index is 921. The number of aromatic nitrogens is 1. The molecule has 5 nitrogen and oxygen atoms in total. The Kier molecular flexibility index (Phi) is 4.02. The van der Waals surface area contributed by atoms with Gasteiger partial charge in [-0.25, -0.2) is 4.79 Å². The number of benzene rings is 2. The lowest BCUT2D eigenvalue weighted by molar-refractivity contribution is 0.0954. The summed E-state index contributed by atoms with van der Waals surface area (Å²) in [5.41, 5.74) is 4.07. The monoisotopic (exact) mass is 310 g/mol. The summed E-state index contributed by atoms with van der Waals surface area (Å²) >= 11 is 0. The molecule has 0 aliphatic carbocycles. The second kappa shape index (κ2) is 6.12. The summed E-state index contributed by atoms with van der Waals surface area (Å²) in [5.74, 6) is -0.453. The Morgan fingerprint density at radius 3 is 2.83 bits per heavy atom. The van der Waals surface area contributed by atoms with Crippen LogP contribution in [0.25, 0.3) is 11.1 Å². The average molecular weight is 310 g/mol. The van der Waals surface area contributed by atoms with Gasteiger partial charge in [0.05, 0.1) is 5.52 Å². The van der Waals surface area contributed by atoms with Crippen molar-refractivity contribution in [1.82, 2.24) is 9.88 Å². The largest absolute Gasteiger partial charge is 0.419 e. The van der Waals surface area contributed by atoms with Crippen LogP contribution < -0.4 is 11.1 Å². The van der Waals surface area contributed by atoms with Crippen LogP contribution in [0.3, 0.4) is 0 Å². The minimum absolute atomic E-state index is 0.0824. The summed E-state index contributed by atoms with van der Waals surface area (Å²) in [7, 11) is 1.68. The van der Waals surface area contributed by atoms with Crippen LogP contribution in [0.5, 0.6) is 0 Å². The number of carbonyl (C=O) groups is 1. The molecule has 0 fully saturated rings. The zero-order valence-corrected chi connectivity index (χ0v) is 13.1. The molecule has 0 bridgehead atoms. The Labute approximate surface area is 133 Å². The number of carbonyl (C=O) groups excluding carboxylic acids is 1. The fourth-order valence-corrected chi connectivity index (χ4v) is 2.54. The van der Waals surface area contributed by atoms with Crippen molar-refractivity contribution in [3.63, 3.8) is 0 Å². The Balaban J connectivity index is 1.64. The van der Waals surface area contributed by atoms with Crippen molar-refractivity contribution in [1.29, 1.82) is 0 Å². The van der Waals surface area contributed by atoms with Crippen LogP contribution in [0.1, 0.15) is 21.5 Å². The highest BCUT2D eigenvalue weighted by molar-refractivity contribution is 5.94. The van der Waals surface area contributed by atoms with E-state index in [2.05, 4.69) is 5.32 Å². The fraction of sp³-hybridized carbons (Fsp3) is 0.222. The normalized spacial score (nSPS) is 10.9. The van der Waals surface area contributed by atoms with Gasteiger partial charge in [-0.3, -0.25) is 9.36 Å². The van der Waals surface area contributed by atoms with Crippen LogP contribution in [-0.4, -0.2) is 17.0 Å². The molecule has 0 saturated carbocycles. The number of nitrogens with zero attached hydrogens (tertiary/aromatic N) is 1. The van der Waals surface area contributed by atoms with Crippen molar-refractivity contribution in [2.75, 3.05) is 6.54 Å². The first kappa shape index (κ1) is 15.1. The molecule has 3 rings (SSSR count). The van der Waals surface area contributed by atoms with Crippen LogP contribution in [0.15, 0.2) is 51.7 Å². The van der Waals surface area contributed by atoms with E-state index >= 15 is 0 Å². The Morgan fingerprint density at radius 2 is 2.04 bits per heavy atom. The van der Waals surface area contributed by atoms with Gasteiger partial charge in [-0.1, -0.05) is 23.8 Å². The van der Waals surface area contributed by atoms with E-state index in [1.807, 2.05) is 43.3 Å². The van der Waals surface area contributed by atoms with E-state index in [-0.39, 0.29) is 11.7 Å². The maximum Gasteiger partial charge on any atom is 0.419 e. The predicted molar refractivity (Wildman–Crippen MR) is 88.7 cm³/mol. The smallest absolute Gasteiger partial charge is 0.408 e.